The van der Waals surface area contributed by atoms with Crippen LogP contribution in [0.2, 0.25) is 0 Å². The third kappa shape index (κ3) is 7.27. The quantitative estimate of drug-likeness (QED) is 0.621. The third-order valence-electron chi connectivity index (χ3n) is 1.65. The third-order valence-corrected chi connectivity index (χ3v) is 1.65. The molecule has 0 heterocycles. The number of benzene rings is 1. The van der Waals surface area contributed by atoms with Gasteiger partial charge in [0.2, 0.25) is 0 Å². The second kappa shape index (κ2) is 8.76. The Balaban J connectivity index is 0.000000288. The molecule has 0 aliphatic heterocycles. The van der Waals surface area contributed by atoms with Gasteiger partial charge in [-0.05, 0) is 12.5 Å². The van der Waals surface area contributed by atoms with Crippen LogP contribution in [0.4, 0.5) is 0 Å². The maximum atomic E-state index is 3.83. The van der Waals surface area contributed by atoms with E-state index in [1.54, 1.807) is 12.2 Å². The number of rotatable bonds is 3. The molecule has 0 heteroatoms. The van der Waals surface area contributed by atoms with E-state index < -0.39 is 0 Å². The zero-order chi connectivity index (χ0) is 11.5. The van der Waals surface area contributed by atoms with Gasteiger partial charge in [0.05, 0.1) is 0 Å². The first-order valence-electron chi connectivity index (χ1n) is 4.83. The van der Waals surface area contributed by atoms with Gasteiger partial charge in [0.1, 0.15) is 0 Å². The highest BCUT2D eigenvalue weighted by Gasteiger charge is 1.86. The molecule has 0 amide bonds. The van der Waals surface area contributed by atoms with Crippen molar-refractivity contribution in [2.24, 2.45) is 0 Å². The first kappa shape index (κ1) is 13.2. The fourth-order valence-electron chi connectivity index (χ4n) is 0.880. The van der Waals surface area contributed by atoms with E-state index in [4.69, 9.17) is 0 Å². The van der Waals surface area contributed by atoms with Crippen molar-refractivity contribution in [3.8, 4) is 0 Å². The molecular weight excluding hydrogens is 180 g/mol. The Morgan fingerprint density at radius 1 is 1.00 bits per heavy atom. The van der Waals surface area contributed by atoms with Crippen LogP contribution in [0, 0.1) is 0 Å². The smallest absolute Gasteiger partial charge is 0.0233 e. The predicted octanol–water partition coefficient (Wildman–Crippen LogP) is 4.63. The number of allylic oxidation sites excluding steroid dienone is 5. The second-order valence-corrected chi connectivity index (χ2v) is 3.00. The summed E-state index contributed by atoms with van der Waals surface area (Å²) in [6, 6.07) is 10.2. The Bertz CT molecular complexity index is 318. The van der Waals surface area contributed by atoms with E-state index in [0.29, 0.717) is 0 Å². The van der Waals surface area contributed by atoms with Crippen LogP contribution < -0.4 is 0 Å². The topological polar surface area (TPSA) is 0 Å². The van der Waals surface area contributed by atoms with Crippen LogP contribution in [-0.4, -0.2) is 0 Å². The van der Waals surface area contributed by atoms with Gasteiger partial charge in [0.25, 0.3) is 0 Å². The molecule has 0 aliphatic rings. The lowest BCUT2D eigenvalue weighted by atomic mass is 10.1. The maximum absolute atomic E-state index is 3.83. The Hall–Kier alpha value is -1.82. The fourth-order valence-corrected chi connectivity index (χ4v) is 0.880. The van der Waals surface area contributed by atoms with Gasteiger partial charge in [0.15, 0.2) is 0 Å². The minimum atomic E-state index is 1.12. The summed E-state index contributed by atoms with van der Waals surface area (Å²) in [7, 11) is 0. The van der Waals surface area contributed by atoms with Crippen molar-refractivity contribution in [3.63, 3.8) is 0 Å². The second-order valence-electron chi connectivity index (χ2n) is 3.00. The maximum Gasteiger partial charge on any atom is -0.0233 e. The first-order chi connectivity index (χ1) is 7.22. The molecule has 0 bridgehead atoms. The van der Waals surface area contributed by atoms with E-state index >= 15 is 0 Å². The lowest BCUT2D eigenvalue weighted by molar-refractivity contribution is 1.58. The number of hydrogen-bond donors (Lipinski definition) is 0. The first-order valence-corrected chi connectivity index (χ1v) is 4.83. The van der Waals surface area contributed by atoms with Crippen LogP contribution in [0.15, 0.2) is 74.4 Å². The summed E-state index contributed by atoms with van der Waals surface area (Å²) in [5.74, 6) is 0. The standard InChI is InChI=1S/C9H10.C6H8/c1-8(2)9-6-4-3-5-7-9;1-3-5-6-4-2/h3-7H,1H2,2H3;3-6H,1-2H2/b;6-5-. The summed E-state index contributed by atoms with van der Waals surface area (Å²) in [6.07, 6.45) is 7.07. The predicted molar refractivity (Wildman–Crippen MR) is 70.7 cm³/mol. The Morgan fingerprint density at radius 3 is 1.73 bits per heavy atom. The monoisotopic (exact) mass is 198 g/mol. The van der Waals surface area contributed by atoms with E-state index in [0.717, 1.165) is 5.57 Å². The minimum Gasteiger partial charge on any atom is -0.0991 e. The molecule has 0 radical (unpaired) electrons. The highest BCUT2D eigenvalue weighted by Crippen LogP contribution is 2.08. The van der Waals surface area contributed by atoms with Gasteiger partial charge < -0.3 is 0 Å². The van der Waals surface area contributed by atoms with Gasteiger partial charge in [-0.25, -0.2) is 0 Å². The molecule has 1 rings (SSSR count). The van der Waals surface area contributed by atoms with E-state index in [9.17, 15) is 0 Å². The lowest BCUT2D eigenvalue weighted by Crippen LogP contribution is -1.72. The van der Waals surface area contributed by atoms with Crippen LogP contribution in [0.5, 0.6) is 0 Å². The summed E-state index contributed by atoms with van der Waals surface area (Å²) >= 11 is 0. The molecule has 0 nitrogen and oxygen atoms in total. The van der Waals surface area contributed by atoms with Crippen molar-refractivity contribution in [3.05, 3.63) is 79.9 Å². The van der Waals surface area contributed by atoms with Crippen molar-refractivity contribution in [2.45, 2.75) is 6.92 Å². The summed E-state index contributed by atoms with van der Waals surface area (Å²) in [5, 5.41) is 0. The SMILES string of the molecule is C=C(C)c1ccccc1.C=C/C=C\C=C. The average Bonchev–Trinajstić information content (AvgIpc) is 2.28. The minimum absolute atomic E-state index is 1.12. The van der Waals surface area contributed by atoms with Gasteiger partial charge in [0, 0.05) is 0 Å². The zero-order valence-corrected chi connectivity index (χ0v) is 9.32. The molecule has 78 valence electrons. The fraction of sp³-hybridized carbons (Fsp3) is 0.0667. The van der Waals surface area contributed by atoms with E-state index in [1.807, 2.05) is 37.3 Å². The lowest BCUT2D eigenvalue weighted by Gasteiger charge is -1.94. The molecule has 0 spiro atoms. The van der Waals surface area contributed by atoms with Crippen molar-refractivity contribution < 1.29 is 0 Å². The van der Waals surface area contributed by atoms with Crippen LogP contribution in [-0.2, 0) is 0 Å². The number of hydrogen-bond acceptors (Lipinski definition) is 0. The van der Waals surface area contributed by atoms with Gasteiger partial charge in [-0.15, -0.1) is 0 Å². The highest BCUT2D eigenvalue weighted by atomic mass is 13.9. The molecule has 0 fully saturated rings. The Morgan fingerprint density at radius 2 is 1.47 bits per heavy atom. The molecule has 15 heavy (non-hydrogen) atoms. The molecule has 0 unspecified atom stereocenters. The highest BCUT2D eigenvalue weighted by molar-refractivity contribution is 5.60. The molecule has 0 N–H and O–H groups in total. The normalized spacial score (nSPS) is 8.87. The molecular formula is C15H18. The van der Waals surface area contributed by atoms with E-state index in [-0.39, 0.29) is 0 Å². The summed E-state index contributed by atoms with van der Waals surface area (Å²) in [5.41, 5.74) is 2.34. The Labute approximate surface area is 93.0 Å². The summed E-state index contributed by atoms with van der Waals surface area (Å²) < 4.78 is 0. The van der Waals surface area contributed by atoms with Gasteiger partial charge >= 0.3 is 0 Å². The molecule has 0 saturated carbocycles. The summed E-state index contributed by atoms with van der Waals surface area (Å²) in [6.45, 7) is 12.8. The van der Waals surface area contributed by atoms with Crippen molar-refractivity contribution in [2.75, 3.05) is 0 Å². The Kier molecular flexibility index (Phi) is 7.70. The van der Waals surface area contributed by atoms with E-state index in [1.165, 1.54) is 5.56 Å². The molecule has 1 aromatic rings. The zero-order valence-electron chi connectivity index (χ0n) is 9.32. The van der Waals surface area contributed by atoms with Crippen LogP contribution in [0.1, 0.15) is 12.5 Å². The molecule has 1 aromatic carbocycles. The molecule has 0 aliphatic carbocycles. The van der Waals surface area contributed by atoms with Crippen molar-refractivity contribution >= 4 is 5.57 Å². The molecule has 0 saturated heterocycles. The van der Waals surface area contributed by atoms with Crippen molar-refractivity contribution in [1.82, 2.24) is 0 Å². The largest absolute Gasteiger partial charge is 0.0991 e. The van der Waals surface area contributed by atoms with Crippen LogP contribution in [0.3, 0.4) is 0 Å². The average molecular weight is 198 g/mol. The van der Waals surface area contributed by atoms with Gasteiger partial charge in [-0.3, -0.25) is 0 Å². The van der Waals surface area contributed by atoms with Crippen LogP contribution in [0.25, 0.3) is 5.57 Å². The van der Waals surface area contributed by atoms with Gasteiger partial charge in [-0.2, -0.15) is 0 Å². The van der Waals surface area contributed by atoms with E-state index in [2.05, 4.69) is 31.9 Å². The molecule has 0 atom stereocenters. The van der Waals surface area contributed by atoms with Crippen LogP contribution >= 0.6 is 0 Å². The molecule has 0 aromatic heterocycles. The summed E-state index contributed by atoms with van der Waals surface area (Å²) in [4.78, 5) is 0. The van der Waals surface area contributed by atoms with Crippen molar-refractivity contribution in [1.29, 1.82) is 0 Å². The van der Waals surface area contributed by atoms with Gasteiger partial charge in [-0.1, -0.05) is 79.9 Å².